The van der Waals surface area contributed by atoms with Gasteiger partial charge in [-0.25, -0.2) is 0 Å². The molecule has 2 aliphatic carbocycles. The van der Waals surface area contributed by atoms with Gasteiger partial charge in [0.15, 0.2) is 0 Å². The number of nitrogens with zero attached hydrogens (tertiary/aromatic N) is 1. The van der Waals surface area contributed by atoms with Crippen LogP contribution in [0.3, 0.4) is 0 Å². The molecule has 342 valence electrons. The Kier molecular flexibility index (Phi) is 8.73. The summed E-state index contributed by atoms with van der Waals surface area (Å²) in [5.74, 6) is 0. The lowest BCUT2D eigenvalue weighted by Crippen LogP contribution is -2.26. The first kappa shape index (κ1) is 41.1. The zero-order chi connectivity index (χ0) is 48.5. The van der Waals surface area contributed by atoms with Crippen LogP contribution in [0, 0.1) is 0 Å². The maximum absolute atomic E-state index is 2.58. The molecule has 0 heterocycles. The van der Waals surface area contributed by atoms with Crippen LogP contribution >= 0.6 is 0 Å². The van der Waals surface area contributed by atoms with Gasteiger partial charge in [-0.05, 0) is 157 Å². The average molecular weight is 936 g/mol. The molecule has 1 heteroatoms. The van der Waals surface area contributed by atoms with E-state index in [0.717, 1.165) is 22.6 Å². The van der Waals surface area contributed by atoms with E-state index in [9.17, 15) is 0 Å². The Bertz CT molecular complexity index is 4590. The molecule has 0 saturated heterocycles. The third kappa shape index (κ3) is 5.69. The number of hydrogen-bond acceptors (Lipinski definition) is 1. The zero-order valence-corrected chi connectivity index (χ0v) is 40.4. The largest absolute Gasteiger partial charge is 0.309 e. The van der Waals surface area contributed by atoms with Crippen LogP contribution in [0.1, 0.15) is 22.3 Å². The first-order valence-electron chi connectivity index (χ1n) is 25.8. The predicted molar refractivity (Wildman–Crippen MR) is 313 cm³/mol. The van der Waals surface area contributed by atoms with Crippen molar-refractivity contribution in [3.63, 3.8) is 0 Å². The van der Waals surface area contributed by atoms with E-state index >= 15 is 0 Å². The lowest BCUT2D eigenvalue weighted by molar-refractivity contribution is 0.794. The van der Waals surface area contributed by atoms with E-state index in [1.165, 1.54) is 126 Å². The fraction of sp³-hybridized carbons (Fsp3) is 0.0137. The Hall–Kier alpha value is -9.56. The van der Waals surface area contributed by atoms with Gasteiger partial charge < -0.3 is 4.90 Å². The summed E-state index contributed by atoms with van der Waals surface area (Å²) in [4.78, 5) is 2.58. The van der Waals surface area contributed by atoms with Crippen LogP contribution in [0.15, 0.2) is 273 Å². The van der Waals surface area contributed by atoms with Gasteiger partial charge in [0.1, 0.15) is 0 Å². The Morgan fingerprint density at radius 1 is 0.216 bits per heavy atom. The monoisotopic (exact) mass is 935 g/mol. The Morgan fingerprint density at radius 3 is 1.28 bits per heavy atom. The molecule has 0 unspecified atom stereocenters. The van der Waals surface area contributed by atoms with Crippen LogP contribution in [0.4, 0.5) is 17.1 Å². The van der Waals surface area contributed by atoms with Crippen LogP contribution in [0.25, 0.3) is 109 Å². The summed E-state index contributed by atoms with van der Waals surface area (Å²) in [6, 6.07) is 103. The smallest absolute Gasteiger partial charge is 0.0726 e. The van der Waals surface area contributed by atoms with Crippen molar-refractivity contribution in [2.75, 3.05) is 4.90 Å². The lowest BCUT2D eigenvalue weighted by atomic mass is 9.70. The number of anilines is 3. The number of rotatable bonds is 5. The molecule has 0 fully saturated rings. The van der Waals surface area contributed by atoms with Gasteiger partial charge in [-0.15, -0.1) is 0 Å². The van der Waals surface area contributed by atoms with Gasteiger partial charge in [0.2, 0.25) is 0 Å². The lowest BCUT2D eigenvalue weighted by Gasteiger charge is -2.34. The topological polar surface area (TPSA) is 3.24 Å². The van der Waals surface area contributed by atoms with Gasteiger partial charge >= 0.3 is 0 Å². The molecule has 0 radical (unpaired) electrons. The van der Waals surface area contributed by atoms with E-state index in [4.69, 9.17) is 0 Å². The van der Waals surface area contributed by atoms with E-state index < -0.39 is 5.41 Å². The molecule has 0 atom stereocenters. The predicted octanol–water partition coefficient (Wildman–Crippen LogP) is 19.8. The Labute approximate surface area is 429 Å². The standard InChI is InChI=1S/C73H45N/c1-4-22-52-46(18-1)20-17-35-71(52)74(50-40-41-59-56-26-7-6-24-54(56)55-25-8-10-28-58(55)65(59)43-50)72-45-70-66(62-31-13-16-34-69(62)73(70)67-32-14-11-29-60(67)61-30-12-15-33-68(61)73)44-64(72)48-38-36-47(37-39-48)63-42-49-19-2-3-21-51(49)53-23-5-9-27-57(53)63/h1-45H. The van der Waals surface area contributed by atoms with Crippen LogP contribution < -0.4 is 4.90 Å². The van der Waals surface area contributed by atoms with Gasteiger partial charge in [-0.2, -0.15) is 0 Å². The molecule has 1 spiro atoms. The van der Waals surface area contributed by atoms with Crippen molar-refractivity contribution < 1.29 is 0 Å². The van der Waals surface area contributed by atoms with Gasteiger partial charge in [0, 0.05) is 16.6 Å². The minimum absolute atomic E-state index is 0.531. The Balaban J connectivity index is 1.02. The Morgan fingerprint density at radius 2 is 0.662 bits per heavy atom. The molecular weight excluding hydrogens is 891 g/mol. The van der Waals surface area contributed by atoms with E-state index in [1.807, 2.05) is 0 Å². The maximum Gasteiger partial charge on any atom is 0.0726 e. The summed E-state index contributed by atoms with van der Waals surface area (Å²) in [7, 11) is 0. The first-order chi connectivity index (χ1) is 36.7. The summed E-state index contributed by atoms with van der Waals surface area (Å²) in [6.45, 7) is 0. The van der Waals surface area contributed by atoms with Crippen molar-refractivity contribution in [3.05, 3.63) is 295 Å². The molecule has 0 saturated carbocycles. The fourth-order valence-electron chi connectivity index (χ4n) is 13.5. The average Bonchev–Trinajstić information content (AvgIpc) is 4.07. The third-order valence-corrected chi connectivity index (χ3v) is 16.6. The maximum atomic E-state index is 2.58. The van der Waals surface area contributed by atoms with Crippen LogP contribution in [0.2, 0.25) is 0 Å². The van der Waals surface area contributed by atoms with Crippen molar-refractivity contribution in [2.45, 2.75) is 5.41 Å². The first-order valence-corrected chi connectivity index (χ1v) is 25.8. The van der Waals surface area contributed by atoms with Gasteiger partial charge in [-0.3, -0.25) is 0 Å². The van der Waals surface area contributed by atoms with Crippen LogP contribution in [-0.4, -0.2) is 0 Å². The van der Waals surface area contributed by atoms with Gasteiger partial charge in [-0.1, -0.05) is 237 Å². The molecule has 1 nitrogen and oxygen atoms in total. The van der Waals surface area contributed by atoms with Gasteiger partial charge in [0.25, 0.3) is 0 Å². The number of fused-ring (bicyclic) bond motifs is 20. The minimum Gasteiger partial charge on any atom is -0.309 e. The molecule has 0 N–H and O–H groups in total. The summed E-state index contributed by atoms with van der Waals surface area (Å²) < 4.78 is 0. The van der Waals surface area contributed by atoms with E-state index in [0.29, 0.717) is 0 Å². The summed E-state index contributed by atoms with van der Waals surface area (Å²) in [6.07, 6.45) is 0. The summed E-state index contributed by atoms with van der Waals surface area (Å²) in [5.41, 5.74) is 18.0. The molecule has 0 aliphatic heterocycles. The third-order valence-electron chi connectivity index (χ3n) is 16.6. The van der Waals surface area contributed by atoms with Crippen molar-refractivity contribution in [2.24, 2.45) is 0 Å². The van der Waals surface area contributed by atoms with Crippen molar-refractivity contribution in [1.82, 2.24) is 0 Å². The highest BCUT2D eigenvalue weighted by atomic mass is 15.1. The molecule has 14 aromatic carbocycles. The molecular formula is C73H45N. The second kappa shape index (κ2) is 15.7. The number of hydrogen-bond donors (Lipinski definition) is 0. The van der Waals surface area contributed by atoms with E-state index in [2.05, 4.69) is 278 Å². The van der Waals surface area contributed by atoms with Crippen molar-refractivity contribution >= 4 is 81.7 Å². The second-order valence-corrected chi connectivity index (χ2v) is 20.2. The van der Waals surface area contributed by atoms with Crippen LogP contribution in [-0.2, 0) is 5.41 Å². The highest BCUT2D eigenvalue weighted by Crippen LogP contribution is 2.64. The highest BCUT2D eigenvalue weighted by molar-refractivity contribution is 6.26. The second-order valence-electron chi connectivity index (χ2n) is 20.2. The van der Waals surface area contributed by atoms with E-state index in [-0.39, 0.29) is 0 Å². The van der Waals surface area contributed by atoms with Gasteiger partial charge in [0.05, 0.1) is 16.8 Å². The SMILES string of the molecule is c1ccc2c(c1)-c1ccccc1C21c2ccccc2-c2cc(-c3ccc(-c4cc5ccccc5c5ccccc45)cc3)c(N(c3ccc4c5ccccc5c5ccccc5c4c3)c3cccc4ccccc34)cc21. The van der Waals surface area contributed by atoms with Crippen molar-refractivity contribution in [3.8, 4) is 44.5 Å². The van der Waals surface area contributed by atoms with Crippen LogP contribution in [0.5, 0.6) is 0 Å². The van der Waals surface area contributed by atoms with E-state index in [1.54, 1.807) is 0 Å². The number of benzene rings is 14. The molecule has 16 rings (SSSR count). The molecule has 74 heavy (non-hydrogen) atoms. The molecule has 0 aromatic heterocycles. The molecule has 14 aromatic rings. The summed E-state index contributed by atoms with van der Waals surface area (Å²) in [5, 5.41) is 15.0. The fourth-order valence-corrected chi connectivity index (χ4v) is 13.5. The minimum atomic E-state index is -0.531. The zero-order valence-electron chi connectivity index (χ0n) is 40.4. The molecule has 0 bridgehead atoms. The highest BCUT2D eigenvalue weighted by Gasteiger charge is 2.52. The van der Waals surface area contributed by atoms with Crippen molar-refractivity contribution in [1.29, 1.82) is 0 Å². The summed E-state index contributed by atoms with van der Waals surface area (Å²) >= 11 is 0. The normalized spacial score (nSPS) is 13.0. The molecule has 0 amide bonds. The quantitative estimate of drug-likeness (QED) is 0.155. The molecule has 2 aliphatic rings.